The molecule has 26 nitrogen and oxygen atoms in total. The number of fused-ring (bicyclic) bond motifs is 7. The van der Waals surface area contributed by atoms with Gasteiger partial charge in [0.15, 0.2) is 37.2 Å². The van der Waals surface area contributed by atoms with E-state index in [2.05, 4.69) is 33.4 Å². The second kappa shape index (κ2) is 24.2. The van der Waals surface area contributed by atoms with Crippen LogP contribution in [0.25, 0.3) is 0 Å². The van der Waals surface area contributed by atoms with Gasteiger partial charge in [-0.3, -0.25) is 0 Å². The Labute approximate surface area is 469 Å². The van der Waals surface area contributed by atoms with Crippen LogP contribution in [0.4, 0.5) is 0 Å². The molecule has 4 aliphatic carbocycles. The zero-order valence-corrected chi connectivity index (χ0v) is 46.5. The fraction of sp³-hybridized carbons (Fsp3) is 0.927. The van der Waals surface area contributed by atoms with E-state index in [1.165, 1.54) is 6.92 Å². The molecule has 26 heteroatoms. The molecule has 6 saturated heterocycles. The van der Waals surface area contributed by atoms with E-state index in [9.17, 15) is 71.5 Å². The van der Waals surface area contributed by atoms with Crippen LogP contribution >= 0.6 is 0 Å². The van der Waals surface area contributed by atoms with Crippen LogP contribution in [0.2, 0.25) is 0 Å². The lowest BCUT2D eigenvalue weighted by Crippen LogP contribution is -2.65. The Bertz CT molecular complexity index is 2200. The first-order chi connectivity index (χ1) is 38.3. The molecule has 0 amide bonds. The molecule has 0 aromatic carbocycles. The fourth-order valence-electron chi connectivity index (χ4n) is 15.9. The van der Waals surface area contributed by atoms with Gasteiger partial charge in [0.25, 0.3) is 0 Å². The number of hydrogen-bond donors (Lipinski definition) is 14. The number of ether oxygens (including phenoxy) is 12. The van der Waals surface area contributed by atoms with Gasteiger partial charge >= 0.3 is 0 Å². The van der Waals surface area contributed by atoms with Crippen LogP contribution in [0.3, 0.4) is 0 Å². The Balaban J connectivity index is 0.864. The Morgan fingerprint density at radius 2 is 1.41 bits per heavy atom. The summed E-state index contributed by atoms with van der Waals surface area (Å²) < 4.78 is 73.8. The third-order valence-electron chi connectivity index (χ3n) is 20.7. The summed E-state index contributed by atoms with van der Waals surface area (Å²) in [4.78, 5) is 0. The largest absolute Gasteiger partial charge is 0.394 e. The predicted octanol–water partition coefficient (Wildman–Crippen LogP) is -3.72. The summed E-state index contributed by atoms with van der Waals surface area (Å²) in [6.07, 6.45) is -25.7. The highest BCUT2D eigenvalue weighted by Gasteiger charge is 2.69. The summed E-state index contributed by atoms with van der Waals surface area (Å²) in [5.41, 5.74) is -1.27. The van der Waals surface area contributed by atoms with Crippen LogP contribution in [0.15, 0.2) is 23.8 Å². The molecule has 9 fully saturated rings. The second-order valence-electron chi connectivity index (χ2n) is 25.3. The third-order valence-corrected chi connectivity index (χ3v) is 20.7. The van der Waals surface area contributed by atoms with Crippen molar-refractivity contribution in [2.24, 2.45) is 40.4 Å². The summed E-state index contributed by atoms with van der Waals surface area (Å²) >= 11 is 0. The van der Waals surface area contributed by atoms with Gasteiger partial charge in [-0.1, -0.05) is 44.6 Å². The molecule has 6 heterocycles. The zero-order chi connectivity index (χ0) is 58.4. The maximum absolute atomic E-state index is 11.9. The highest BCUT2D eigenvalue weighted by Crippen LogP contribution is 2.71. The van der Waals surface area contributed by atoms with Crippen LogP contribution in [0, 0.1) is 40.4 Å². The monoisotopic (exact) mass is 1160 g/mol. The molecule has 0 radical (unpaired) electrons. The minimum Gasteiger partial charge on any atom is -0.394 e. The Kier molecular flexibility index (Phi) is 18.7. The van der Waals surface area contributed by atoms with Crippen LogP contribution in [0.1, 0.15) is 79.1 Å². The first-order valence-corrected chi connectivity index (χ1v) is 28.8. The van der Waals surface area contributed by atoms with Crippen molar-refractivity contribution < 1.29 is 128 Å². The van der Waals surface area contributed by atoms with Crippen molar-refractivity contribution in [1.29, 1.82) is 0 Å². The molecule has 0 aromatic heterocycles. The molecular weight excluding hydrogens is 1080 g/mol. The topological polar surface area (TPSA) is 394 Å². The fourth-order valence-corrected chi connectivity index (χ4v) is 15.9. The van der Waals surface area contributed by atoms with E-state index in [4.69, 9.17) is 56.8 Å². The second-order valence-corrected chi connectivity index (χ2v) is 25.3. The summed E-state index contributed by atoms with van der Waals surface area (Å²) in [5, 5.41) is 150. The molecule has 32 atom stereocenters. The SMILES string of the molecule is C=C(CC[C@@]1(OC)O[C@H]2C[C@H]3[C@@H]4CC=C5C[C@@H](O)C[C@@H](O[C@@H]6OC[C@H](O)[C@H](O[C@@H]7OC[C@@H](O)[C@H](O)[C@H]7O)[C@H]6O[C@@H]6O[C@@H](C)[C@H](O)[C@@H](O[C@@H]7OC[C@](O)(CO)[C@H]7O)[C@H]6O)[C@]5(C)[C@H]4CC[C@]3(C)[C@H]2[C@@H]1C)CO[C@@H]1O[C@H](CO)[C@@H](O)[C@H](O)[C@H]1O. The maximum Gasteiger partial charge on any atom is 0.187 e. The highest BCUT2D eigenvalue weighted by molar-refractivity contribution is 5.29. The van der Waals surface area contributed by atoms with Gasteiger partial charge in [0.2, 0.25) is 0 Å². The number of allylic oxidation sites excluding steroid dienone is 1. The molecule has 14 N–H and O–H groups in total. The van der Waals surface area contributed by atoms with E-state index >= 15 is 0 Å². The highest BCUT2D eigenvalue weighted by atomic mass is 16.8. The van der Waals surface area contributed by atoms with Crippen molar-refractivity contribution >= 4 is 0 Å². The summed E-state index contributed by atoms with van der Waals surface area (Å²) in [6, 6.07) is 0. The molecule has 6 aliphatic heterocycles. The maximum atomic E-state index is 11.9. The van der Waals surface area contributed by atoms with E-state index in [0.717, 1.165) is 31.3 Å². The molecular formula is C55H88O26. The van der Waals surface area contributed by atoms with E-state index < -0.39 is 185 Å². The first-order valence-electron chi connectivity index (χ1n) is 28.8. The van der Waals surface area contributed by atoms with Crippen molar-refractivity contribution in [2.75, 3.05) is 46.8 Å². The summed E-state index contributed by atoms with van der Waals surface area (Å²) in [6.45, 7) is 9.51. The summed E-state index contributed by atoms with van der Waals surface area (Å²) in [7, 11) is 1.65. The molecule has 0 unspecified atom stereocenters. The third kappa shape index (κ3) is 11.1. The lowest BCUT2D eigenvalue weighted by Gasteiger charge is -2.60. The van der Waals surface area contributed by atoms with Gasteiger partial charge in [-0.05, 0) is 74.5 Å². The normalized spacial score (nSPS) is 54.5. The van der Waals surface area contributed by atoms with Crippen molar-refractivity contribution in [3.05, 3.63) is 23.8 Å². The van der Waals surface area contributed by atoms with Crippen LogP contribution in [-0.2, 0) is 56.8 Å². The average molecular weight is 1170 g/mol. The lowest BCUT2D eigenvalue weighted by atomic mass is 9.46. The van der Waals surface area contributed by atoms with Gasteiger partial charge in [0.1, 0.15) is 91.1 Å². The van der Waals surface area contributed by atoms with E-state index in [1.807, 2.05) is 0 Å². The van der Waals surface area contributed by atoms with E-state index in [1.54, 1.807) is 7.11 Å². The van der Waals surface area contributed by atoms with Gasteiger partial charge in [-0.15, -0.1) is 0 Å². The van der Waals surface area contributed by atoms with Crippen molar-refractivity contribution in [2.45, 2.75) is 232 Å². The van der Waals surface area contributed by atoms with E-state index in [0.29, 0.717) is 24.8 Å². The van der Waals surface area contributed by atoms with Gasteiger partial charge in [0, 0.05) is 31.3 Å². The molecule has 10 rings (SSSR count). The lowest BCUT2D eigenvalue weighted by molar-refractivity contribution is -0.387. The van der Waals surface area contributed by atoms with Gasteiger partial charge in [0.05, 0.1) is 64.1 Å². The molecule has 0 aromatic rings. The Morgan fingerprint density at radius 3 is 2.11 bits per heavy atom. The number of aliphatic hydroxyl groups is 14. The Morgan fingerprint density at radius 1 is 0.716 bits per heavy atom. The van der Waals surface area contributed by atoms with Crippen LogP contribution in [-0.4, -0.2) is 271 Å². The molecule has 10 aliphatic rings. The zero-order valence-electron chi connectivity index (χ0n) is 46.5. The van der Waals surface area contributed by atoms with Crippen molar-refractivity contribution in [1.82, 2.24) is 0 Å². The van der Waals surface area contributed by atoms with Gasteiger partial charge in [-0.25, -0.2) is 0 Å². The minimum absolute atomic E-state index is 0.0303. The number of methoxy groups -OCH3 is 1. The Hall–Kier alpha value is -1.56. The standard InChI is InChI=1S/C55H88O26/c1-22(17-71-47-41(66)39(64)38(63)33(16-56)76-47)9-12-55(70-6)23(2)35-32(81-55)15-29-27-8-7-25-13-26(58)14-34(53(25,5)28(27)10-11-52(29,35)4)77-50-45(43(31(60)19-73-50)78-48-40(65)37(62)30(59)18-72-48)80-49-42(67)44(36(61)24(3)75-49)79-51-46(68)54(69,20-57)21-74-51/h7,23-24,26-51,56-69H,1,8-21H2,2-6H3/t23-,24-,26+,27+,28-,29-,30+,31-,32-,33+,34+,35-,36-,37-,38+,39-,40+,41+,42+,43-,44+,45+,46-,47+,48-,49-,50-,51-,52-,53-,54+,55+/m0/s1. The van der Waals surface area contributed by atoms with Crippen molar-refractivity contribution in [3.63, 3.8) is 0 Å². The molecule has 0 spiro atoms. The number of aliphatic hydroxyl groups excluding tert-OH is 13. The van der Waals surface area contributed by atoms with E-state index in [-0.39, 0.29) is 54.1 Å². The first kappa shape index (κ1) is 62.5. The smallest absolute Gasteiger partial charge is 0.187 e. The predicted molar refractivity (Wildman–Crippen MR) is 271 cm³/mol. The molecule has 3 saturated carbocycles. The van der Waals surface area contributed by atoms with Gasteiger partial charge < -0.3 is 128 Å². The molecule has 81 heavy (non-hydrogen) atoms. The number of rotatable bonds is 17. The van der Waals surface area contributed by atoms with Crippen LogP contribution in [0.5, 0.6) is 0 Å². The number of hydrogen-bond acceptors (Lipinski definition) is 26. The van der Waals surface area contributed by atoms with Gasteiger partial charge in [-0.2, -0.15) is 0 Å². The minimum atomic E-state index is -2.09. The summed E-state index contributed by atoms with van der Waals surface area (Å²) in [5.74, 6) is -0.454. The van der Waals surface area contributed by atoms with Crippen molar-refractivity contribution in [3.8, 4) is 0 Å². The quantitative estimate of drug-likeness (QED) is 0.0623. The molecule has 464 valence electrons. The average Bonchev–Trinajstić information content (AvgIpc) is 2.09. The van der Waals surface area contributed by atoms with Crippen LogP contribution < -0.4 is 0 Å². The molecule has 0 bridgehead atoms.